The first-order chi connectivity index (χ1) is 11.5. The molecule has 0 unspecified atom stereocenters. The van der Waals surface area contributed by atoms with Crippen LogP contribution in [0.4, 0.5) is 4.39 Å². The van der Waals surface area contributed by atoms with E-state index >= 15 is 0 Å². The van der Waals surface area contributed by atoms with Gasteiger partial charge < -0.3 is 0 Å². The Morgan fingerprint density at radius 2 is 1.62 bits per heavy atom. The summed E-state index contributed by atoms with van der Waals surface area (Å²) in [5, 5.41) is 0. The molecular formula is C19H21FN2O2. The molecule has 0 saturated heterocycles. The van der Waals surface area contributed by atoms with Gasteiger partial charge in [0.2, 0.25) is 5.91 Å². The van der Waals surface area contributed by atoms with Crippen molar-refractivity contribution in [1.29, 1.82) is 0 Å². The van der Waals surface area contributed by atoms with E-state index in [1.807, 2.05) is 44.2 Å². The number of rotatable bonds is 5. The minimum absolute atomic E-state index is 0.120. The molecule has 0 saturated carbocycles. The van der Waals surface area contributed by atoms with Gasteiger partial charge in [-0.05, 0) is 35.7 Å². The van der Waals surface area contributed by atoms with E-state index < -0.39 is 11.7 Å². The lowest BCUT2D eigenvalue weighted by Gasteiger charge is -2.22. The van der Waals surface area contributed by atoms with Crippen LogP contribution in [-0.4, -0.2) is 11.8 Å². The van der Waals surface area contributed by atoms with Crippen molar-refractivity contribution >= 4 is 11.8 Å². The number of hydrazine groups is 1. The molecule has 0 aliphatic carbocycles. The fourth-order valence-electron chi connectivity index (χ4n) is 2.50. The second kappa shape index (κ2) is 8.24. The van der Waals surface area contributed by atoms with Crippen LogP contribution < -0.4 is 10.9 Å². The van der Waals surface area contributed by atoms with Gasteiger partial charge in [-0.15, -0.1) is 0 Å². The van der Waals surface area contributed by atoms with Crippen LogP contribution in [0.15, 0.2) is 54.6 Å². The van der Waals surface area contributed by atoms with Crippen molar-refractivity contribution in [3.05, 3.63) is 71.5 Å². The normalized spacial score (nSPS) is 13.0. The summed E-state index contributed by atoms with van der Waals surface area (Å²) in [4.78, 5) is 24.6. The molecular weight excluding hydrogens is 307 g/mol. The molecule has 24 heavy (non-hydrogen) atoms. The second-order valence-electron chi connectivity index (χ2n) is 5.72. The van der Waals surface area contributed by atoms with E-state index in [0.29, 0.717) is 0 Å². The van der Waals surface area contributed by atoms with Crippen molar-refractivity contribution in [3.8, 4) is 0 Å². The van der Waals surface area contributed by atoms with Crippen LogP contribution in [0.3, 0.4) is 0 Å². The van der Waals surface area contributed by atoms with Crippen molar-refractivity contribution < 1.29 is 14.0 Å². The van der Waals surface area contributed by atoms with Gasteiger partial charge >= 0.3 is 0 Å². The van der Waals surface area contributed by atoms with Crippen LogP contribution in [0.25, 0.3) is 0 Å². The highest BCUT2D eigenvalue weighted by atomic mass is 19.1. The molecule has 0 aromatic heterocycles. The van der Waals surface area contributed by atoms with Crippen LogP contribution >= 0.6 is 0 Å². The van der Waals surface area contributed by atoms with E-state index in [1.54, 1.807) is 0 Å². The molecule has 2 N–H and O–H groups in total. The van der Waals surface area contributed by atoms with Gasteiger partial charge in [0.05, 0.1) is 5.92 Å². The number of hydrogen-bond acceptors (Lipinski definition) is 2. The van der Waals surface area contributed by atoms with Crippen molar-refractivity contribution in [3.63, 3.8) is 0 Å². The standard InChI is InChI=1S/C19H21FN2O2/c1-3-13(2)17(14-7-5-4-6-8-14)19(24)22-21-18(23)15-9-11-16(20)12-10-15/h4-13,17H,3H2,1-2H3,(H,21,23)(H,22,24)/t13-,17+/m0/s1. The van der Waals surface area contributed by atoms with Crippen molar-refractivity contribution in [2.45, 2.75) is 26.2 Å². The molecule has 126 valence electrons. The molecule has 0 spiro atoms. The van der Waals surface area contributed by atoms with E-state index in [9.17, 15) is 14.0 Å². The Hall–Kier alpha value is -2.69. The third-order valence-electron chi connectivity index (χ3n) is 4.06. The van der Waals surface area contributed by atoms with Crippen LogP contribution in [-0.2, 0) is 4.79 Å². The first-order valence-electron chi connectivity index (χ1n) is 7.93. The molecule has 0 aliphatic rings. The molecule has 2 atom stereocenters. The zero-order valence-corrected chi connectivity index (χ0v) is 13.8. The molecule has 4 nitrogen and oxygen atoms in total. The lowest BCUT2D eigenvalue weighted by molar-refractivity contribution is -0.124. The lowest BCUT2D eigenvalue weighted by atomic mass is 9.85. The van der Waals surface area contributed by atoms with Crippen LogP contribution in [0, 0.1) is 11.7 Å². The van der Waals surface area contributed by atoms with Crippen molar-refractivity contribution in [2.24, 2.45) is 5.92 Å². The minimum Gasteiger partial charge on any atom is -0.273 e. The van der Waals surface area contributed by atoms with Crippen molar-refractivity contribution in [2.75, 3.05) is 0 Å². The fraction of sp³-hybridized carbons (Fsp3) is 0.263. The highest BCUT2D eigenvalue weighted by Gasteiger charge is 2.26. The Bertz CT molecular complexity index is 686. The van der Waals surface area contributed by atoms with E-state index in [0.717, 1.165) is 12.0 Å². The van der Waals surface area contributed by atoms with Crippen LogP contribution in [0.5, 0.6) is 0 Å². The molecule has 0 aliphatic heterocycles. The Morgan fingerprint density at radius 3 is 2.21 bits per heavy atom. The van der Waals surface area contributed by atoms with Gasteiger partial charge in [0.25, 0.3) is 5.91 Å². The number of carbonyl (C=O) groups is 2. The van der Waals surface area contributed by atoms with Crippen LogP contribution in [0.2, 0.25) is 0 Å². The molecule has 0 heterocycles. The largest absolute Gasteiger partial charge is 0.273 e. The first-order valence-corrected chi connectivity index (χ1v) is 7.93. The first kappa shape index (κ1) is 17.7. The monoisotopic (exact) mass is 328 g/mol. The summed E-state index contributed by atoms with van der Waals surface area (Å²) in [5.74, 6) is -1.42. The zero-order chi connectivity index (χ0) is 17.5. The Morgan fingerprint density at radius 1 is 1.00 bits per heavy atom. The van der Waals surface area contributed by atoms with Gasteiger partial charge in [0, 0.05) is 5.56 Å². The highest BCUT2D eigenvalue weighted by molar-refractivity contribution is 5.96. The van der Waals surface area contributed by atoms with E-state index in [4.69, 9.17) is 0 Å². The highest BCUT2D eigenvalue weighted by Crippen LogP contribution is 2.26. The number of nitrogens with one attached hydrogen (secondary N) is 2. The summed E-state index contributed by atoms with van der Waals surface area (Å²) in [7, 11) is 0. The van der Waals surface area contributed by atoms with Gasteiger partial charge in [0.1, 0.15) is 5.82 Å². The second-order valence-corrected chi connectivity index (χ2v) is 5.72. The van der Waals surface area contributed by atoms with E-state index in [1.165, 1.54) is 24.3 Å². The smallest absolute Gasteiger partial charge is 0.269 e. The molecule has 2 aromatic carbocycles. The van der Waals surface area contributed by atoms with Gasteiger partial charge in [-0.1, -0.05) is 50.6 Å². The van der Waals surface area contributed by atoms with Crippen LogP contribution in [0.1, 0.15) is 42.1 Å². The van der Waals surface area contributed by atoms with E-state index in [-0.39, 0.29) is 23.3 Å². The molecule has 0 bridgehead atoms. The third-order valence-corrected chi connectivity index (χ3v) is 4.06. The van der Waals surface area contributed by atoms with E-state index in [2.05, 4.69) is 10.9 Å². The van der Waals surface area contributed by atoms with Crippen molar-refractivity contribution in [1.82, 2.24) is 10.9 Å². The van der Waals surface area contributed by atoms with Gasteiger partial charge in [-0.2, -0.15) is 0 Å². The lowest BCUT2D eigenvalue weighted by Crippen LogP contribution is -2.45. The summed E-state index contributed by atoms with van der Waals surface area (Å²) in [6.45, 7) is 4.02. The maximum atomic E-state index is 12.9. The number of hydrogen-bond donors (Lipinski definition) is 2. The third kappa shape index (κ3) is 4.41. The molecule has 2 rings (SSSR count). The number of carbonyl (C=O) groups excluding carboxylic acids is 2. The fourth-order valence-corrected chi connectivity index (χ4v) is 2.50. The van der Waals surface area contributed by atoms with Gasteiger partial charge in [-0.25, -0.2) is 4.39 Å². The van der Waals surface area contributed by atoms with Gasteiger partial charge in [-0.3, -0.25) is 20.4 Å². The molecule has 0 fully saturated rings. The summed E-state index contributed by atoms with van der Waals surface area (Å²) >= 11 is 0. The summed E-state index contributed by atoms with van der Waals surface area (Å²) in [5.41, 5.74) is 6.04. The van der Waals surface area contributed by atoms with Gasteiger partial charge in [0.15, 0.2) is 0 Å². The molecule has 0 radical (unpaired) electrons. The predicted molar refractivity (Wildman–Crippen MR) is 90.6 cm³/mol. The number of amides is 2. The zero-order valence-electron chi connectivity index (χ0n) is 13.8. The summed E-state index contributed by atoms with van der Waals surface area (Å²) in [6.07, 6.45) is 0.832. The SMILES string of the molecule is CC[C@H](C)[C@@H](C(=O)NNC(=O)c1ccc(F)cc1)c1ccccc1. The maximum Gasteiger partial charge on any atom is 0.269 e. The minimum atomic E-state index is -0.487. The summed E-state index contributed by atoms with van der Waals surface area (Å²) < 4.78 is 12.9. The average Bonchev–Trinajstić information content (AvgIpc) is 2.61. The molecule has 5 heteroatoms. The summed E-state index contributed by atoms with van der Waals surface area (Å²) in [6, 6.07) is 14.6. The topological polar surface area (TPSA) is 58.2 Å². The Kier molecular flexibility index (Phi) is 6.07. The molecule has 2 amide bonds. The average molecular weight is 328 g/mol. The Labute approximate surface area is 141 Å². The Balaban J connectivity index is 2.05. The number of halogens is 1. The quantitative estimate of drug-likeness (QED) is 0.826. The number of benzene rings is 2. The molecule has 2 aromatic rings. The predicted octanol–water partition coefficient (Wildman–Crippen LogP) is 3.42. The maximum absolute atomic E-state index is 12.9.